The predicted molar refractivity (Wildman–Crippen MR) is 139 cm³/mol. The zero-order chi connectivity index (χ0) is 26.5. The molecule has 0 spiro atoms. The molecule has 38 heavy (non-hydrogen) atoms. The van der Waals surface area contributed by atoms with Crippen molar-refractivity contribution in [3.05, 3.63) is 77.3 Å². The molecule has 0 radical (unpaired) electrons. The number of amidine groups is 1. The van der Waals surface area contributed by atoms with Crippen molar-refractivity contribution in [2.45, 2.75) is 30.1 Å². The van der Waals surface area contributed by atoms with Crippen LogP contribution in [0, 0.1) is 31.0 Å². The number of benzene rings is 1. The minimum atomic E-state index is -1.48. The molecule has 0 unspecified atom stereocenters. The Labute approximate surface area is 221 Å². The van der Waals surface area contributed by atoms with E-state index in [1.165, 1.54) is 30.5 Å². The lowest BCUT2D eigenvalue weighted by molar-refractivity contribution is 0.259. The van der Waals surface area contributed by atoms with E-state index in [9.17, 15) is 0 Å². The Bertz CT molecular complexity index is 1640. The summed E-state index contributed by atoms with van der Waals surface area (Å²) in [5.41, 5.74) is 8.09. The maximum absolute atomic E-state index is 15.4. The first kappa shape index (κ1) is 24.3. The van der Waals surface area contributed by atoms with Gasteiger partial charge in [0.15, 0.2) is 11.6 Å². The predicted octanol–water partition coefficient (Wildman–Crippen LogP) is 4.20. The molecule has 3 aromatic heterocycles. The van der Waals surface area contributed by atoms with Crippen molar-refractivity contribution in [3.8, 4) is 18.1 Å². The number of oxazole rings is 1. The number of hydrogen-bond acceptors (Lipinski definition) is 9. The number of pyridine rings is 1. The number of ether oxygens (including phenoxy) is 1. The van der Waals surface area contributed by atoms with Crippen LogP contribution in [0.1, 0.15) is 34.7 Å². The van der Waals surface area contributed by atoms with E-state index in [0.717, 1.165) is 5.56 Å². The van der Waals surface area contributed by atoms with Gasteiger partial charge in [0, 0.05) is 24.0 Å². The Morgan fingerprint density at radius 3 is 2.89 bits per heavy atom. The molecule has 4 heterocycles. The summed E-state index contributed by atoms with van der Waals surface area (Å²) < 4.78 is 40.9. The van der Waals surface area contributed by atoms with Gasteiger partial charge in [-0.2, -0.15) is 0 Å². The van der Waals surface area contributed by atoms with Gasteiger partial charge in [-0.15, -0.1) is 6.42 Å². The number of nitrogens with zero attached hydrogens (tertiary/aromatic N) is 5. The van der Waals surface area contributed by atoms with E-state index in [1.54, 1.807) is 24.4 Å². The number of hydrogen-bond donors (Lipinski definition) is 1. The van der Waals surface area contributed by atoms with Crippen LogP contribution in [0.5, 0.6) is 5.75 Å². The van der Waals surface area contributed by atoms with Crippen LogP contribution in [0.15, 0.2) is 52.6 Å². The molecule has 4 aromatic rings. The molecule has 2 N–H and O–H groups in total. The second-order valence-electron chi connectivity index (χ2n) is 9.37. The van der Waals surface area contributed by atoms with Crippen LogP contribution < -0.4 is 10.5 Å². The SMILES string of the molecule is C#CCOc1cnc2c(Cc3ccc(F)c([C@@]4(CF)N=C(N)S[C@@]5(c6ocnc6C)C[C@@H]45)c3)ncnc2c1. The molecule has 11 heteroatoms. The zero-order valence-electron chi connectivity index (χ0n) is 20.3. The fourth-order valence-electron chi connectivity index (χ4n) is 5.36. The van der Waals surface area contributed by atoms with Crippen LogP contribution in [-0.4, -0.2) is 38.4 Å². The number of thioether (sulfide) groups is 1. The fraction of sp³-hybridized carbons (Fsp3) is 0.296. The van der Waals surface area contributed by atoms with Gasteiger partial charge < -0.3 is 14.9 Å². The highest BCUT2D eigenvalue weighted by Crippen LogP contribution is 2.71. The Morgan fingerprint density at radius 2 is 2.13 bits per heavy atom. The van der Waals surface area contributed by atoms with E-state index < -0.39 is 22.8 Å². The third-order valence-corrected chi connectivity index (χ3v) is 8.43. The molecule has 0 amide bonds. The van der Waals surface area contributed by atoms with E-state index in [0.29, 0.717) is 46.8 Å². The third-order valence-electron chi connectivity index (χ3n) is 7.13. The molecule has 1 aliphatic heterocycles. The molecule has 0 saturated heterocycles. The standard InChI is InChI=1S/C27H22F2N6O2S/c1-3-6-36-17-9-21-23(31-11-17)20(32-13-33-21)8-16-4-5-19(29)18(7-16)26(12-28)22-10-27(22,38-25(30)35-26)24-15(2)34-14-37-24/h1,4-5,7,9,11,13-14,22H,6,8,10,12H2,2H3,(H2,30,35)/t22-,26+,27-/m0/s1. The highest BCUT2D eigenvalue weighted by Gasteiger charge is 2.71. The topological polar surface area (TPSA) is 112 Å². The summed E-state index contributed by atoms with van der Waals surface area (Å²) >= 11 is 1.33. The summed E-state index contributed by atoms with van der Waals surface area (Å²) in [5, 5.41) is 0.186. The van der Waals surface area contributed by atoms with E-state index in [4.69, 9.17) is 21.3 Å². The molecule has 2 aliphatic rings. The maximum Gasteiger partial charge on any atom is 0.181 e. The number of aromatic nitrogens is 4. The molecule has 1 saturated carbocycles. The van der Waals surface area contributed by atoms with Crippen molar-refractivity contribution in [2.24, 2.45) is 16.6 Å². The molecule has 0 bridgehead atoms. The number of halogens is 2. The molecule has 6 rings (SSSR count). The second-order valence-corrected chi connectivity index (χ2v) is 10.7. The molecular formula is C27H22F2N6O2S. The third kappa shape index (κ3) is 3.79. The summed E-state index contributed by atoms with van der Waals surface area (Å²) in [5.74, 6) is 2.63. The average Bonchev–Trinajstić information content (AvgIpc) is 3.50. The van der Waals surface area contributed by atoms with Crippen molar-refractivity contribution in [1.29, 1.82) is 0 Å². The molecule has 8 nitrogen and oxygen atoms in total. The van der Waals surface area contributed by atoms with Gasteiger partial charge in [0.05, 0.1) is 27.8 Å². The molecule has 3 atom stereocenters. The van der Waals surface area contributed by atoms with Gasteiger partial charge in [-0.25, -0.2) is 33.7 Å². The maximum atomic E-state index is 15.4. The highest BCUT2D eigenvalue weighted by atomic mass is 32.2. The lowest BCUT2D eigenvalue weighted by Gasteiger charge is -2.34. The summed E-state index contributed by atoms with van der Waals surface area (Å²) in [4.78, 5) is 21.8. The van der Waals surface area contributed by atoms with Gasteiger partial charge in [-0.05, 0) is 31.0 Å². The summed E-state index contributed by atoms with van der Waals surface area (Å²) in [6.45, 7) is 1.03. The van der Waals surface area contributed by atoms with Gasteiger partial charge >= 0.3 is 0 Å². The number of aliphatic imine (C=N–C) groups is 1. The first-order valence-electron chi connectivity index (χ1n) is 11.9. The van der Waals surface area contributed by atoms with Gasteiger partial charge in [0.25, 0.3) is 0 Å². The van der Waals surface area contributed by atoms with Crippen LogP contribution in [0.3, 0.4) is 0 Å². The quantitative estimate of drug-likeness (QED) is 0.353. The lowest BCUT2D eigenvalue weighted by Crippen LogP contribution is -2.39. The number of alkyl halides is 1. The van der Waals surface area contributed by atoms with Crippen molar-refractivity contribution in [1.82, 2.24) is 19.9 Å². The minimum absolute atomic E-state index is 0.115. The number of terminal acetylenes is 1. The van der Waals surface area contributed by atoms with Gasteiger partial charge in [0.1, 0.15) is 48.0 Å². The van der Waals surface area contributed by atoms with Crippen molar-refractivity contribution in [3.63, 3.8) is 0 Å². The normalized spacial score (nSPS) is 23.9. The van der Waals surface area contributed by atoms with Gasteiger partial charge in [-0.1, -0.05) is 23.7 Å². The van der Waals surface area contributed by atoms with Crippen LogP contribution in [-0.2, 0) is 16.7 Å². The van der Waals surface area contributed by atoms with E-state index in [2.05, 4.69) is 30.8 Å². The summed E-state index contributed by atoms with van der Waals surface area (Å²) in [7, 11) is 0. The smallest absolute Gasteiger partial charge is 0.181 e. The zero-order valence-corrected chi connectivity index (χ0v) is 21.1. The Balaban J connectivity index is 1.38. The van der Waals surface area contributed by atoms with Crippen molar-refractivity contribution in [2.75, 3.05) is 13.3 Å². The van der Waals surface area contributed by atoms with E-state index >= 15 is 8.78 Å². The number of aryl methyl sites for hydroxylation is 1. The Morgan fingerprint density at radius 1 is 1.26 bits per heavy atom. The monoisotopic (exact) mass is 532 g/mol. The minimum Gasteiger partial charge on any atom is -0.479 e. The molecule has 1 fully saturated rings. The number of fused-ring (bicyclic) bond motifs is 2. The number of nitrogens with two attached hydrogens (primary N) is 1. The van der Waals surface area contributed by atoms with Gasteiger partial charge in [0.2, 0.25) is 0 Å². The van der Waals surface area contributed by atoms with Crippen LogP contribution in [0.2, 0.25) is 0 Å². The molecule has 1 aromatic carbocycles. The Hall–Kier alpha value is -4.04. The first-order chi connectivity index (χ1) is 18.4. The van der Waals surface area contributed by atoms with E-state index in [1.807, 2.05) is 6.92 Å². The van der Waals surface area contributed by atoms with Crippen LogP contribution in [0.4, 0.5) is 8.78 Å². The second kappa shape index (κ2) is 9.06. The molecular weight excluding hydrogens is 510 g/mol. The van der Waals surface area contributed by atoms with Crippen molar-refractivity contribution < 1.29 is 17.9 Å². The Kier molecular flexibility index (Phi) is 5.79. The lowest BCUT2D eigenvalue weighted by atomic mass is 9.83. The van der Waals surface area contributed by atoms with Crippen molar-refractivity contribution >= 4 is 28.0 Å². The largest absolute Gasteiger partial charge is 0.479 e. The molecule has 1 aliphatic carbocycles. The van der Waals surface area contributed by atoms with Crippen LogP contribution in [0.25, 0.3) is 11.0 Å². The highest BCUT2D eigenvalue weighted by molar-refractivity contribution is 8.14. The van der Waals surface area contributed by atoms with Crippen LogP contribution >= 0.6 is 11.8 Å². The summed E-state index contributed by atoms with van der Waals surface area (Å²) in [6, 6.07) is 6.36. The van der Waals surface area contributed by atoms with E-state index in [-0.39, 0.29) is 23.3 Å². The number of rotatable bonds is 7. The molecule has 192 valence electrons. The summed E-state index contributed by atoms with van der Waals surface area (Å²) in [6.07, 6.45) is 10.5. The fourth-order valence-corrected chi connectivity index (χ4v) is 6.82. The average molecular weight is 533 g/mol. The van der Waals surface area contributed by atoms with Gasteiger partial charge in [-0.3, -0.25) is 0 Å². The first-order valence-corrected chi connectivity index (χ1v) is 12.7.